The van der Waals surface area contributed by atoms with Crippen molar-refractivity contribution in [3.8, 4) is 0 Å². The van der Waals surface area contributed by atoms with E-state index in [2.05, 4.69) is 15.3 Å². The molecule has 1 rings (SSSR count). The van der Waals surface area contributed by atoms with Gasteiger partial charge in [0.05, 0.1) is 6.54 Å². The van der Waals surface area contributed by atoms with Gasteiger partial charge in [0.15, 0.2) is 0 Å². The summed E-state index contributed by atoms with van der Waals surface area (Å²) in [6.45, 7) is 6.59. The van der Waals surface area contributed by atoms with Crippen LogP contribution >= 0.6 is 0 Å². The van der Waals surface area contributed by atoms with Gasteiger partial charge in [-0.3, -0.25) is 4.79 Å². The Morgan fingerprint density at radius 1 is 1.44 bits per heavy atom. The molecule has 1 heterocycles. The summed E-state index contributed by atoms with van der Waals surface area (Å²) in [5, 5.41) is 2.82. The average molecular weight is 252 g/mol. The van der Waals surface area contributed by atoms with Crippen molar-refractivity contribution in [1.29, 1.82) is 0 Å². The Kier molecular flexibility index (Phi) is 4.70. The molecule has 0 bridgehead atoms. The lowest BCUT2D eigenvalue weighted by molar-refractivity contribution is -0.120. The molecule has 5 N–H and O–H groups in total. The van der Waals surface area contributed by atoms with Gasteiger partial charge in [0.1, 0.15) is 11.6 Å². The quantitative estimate of drug-likeness (QED) is 0.680. The van der Waals surface area contributed by atoms with Gasteiger partial charge in [-0.2, -0.15) is 9.97 Å². The Hall–Kier alpha value is -2.05. The molecule has 0 fully saturated rings. The summed E-state index contributed by atoms with van der Waals surface area (Å²) in [4.78, 5) is 21.4. The van der Waals surface area contributed by atoms with E-state index in [1.807, 2.05) is 20.8 Å². The summed E-state index contributed by atoms with van der Waals surface area (Å²) < 4.78 is 0. The van der Waals surface area contributed by atoms with Crippen LogP contribution in [0, 0.1) is 0 Å². The van der Waals surface area contributed by atoms with Crippen molar-refractivity contribution < 1.29 is 4.79 Å². The molecule has 0 spiro atoms. The molecule has 0 radical (unpaired) electrons. The number of aromatic nitrogens is 2. The topological polar surface area (TPSA) is 110 Å². The number of amides is 1. The maximum Gasteiger partial charge on any atom is 0.239 e. The van der Waals surface area contributed by atoms with E-state index in [1.54, 1.807) is 11.0 Å². The molecule has 0 unspecified atom stereocenters. The van der Waals surface area contributed by atoms with Gasteiger partial charge >= 0.3 is 0 Å². The first-order valence-electron chi connectivity index (χ1n) is 5.86. The zero-order valence-electron chi connectivity index (χ0n) is 11.0. The largest absolute Gasteiger partial charge is 0.383 e. The van der Waals surface area contributed by atoms with Gasteiger partial charge < -0.3 is 21.7 Å². The summed E-state index contributed by atoms with van der Waals surface area (Å²) in [5.41, 5.74) is 11.1. The molecule has 0 atom stereocenters. The van der Waals surface area contributed by atoms with E-state index in [0.717, 1.165) is 0 Å². The minimum absolute atomic E-state index is 0.0670. The van der Waals surface area contributed by atoms with Crippen molar-refractivity contribution >= 4 is 23.5 Å². The normalized spacial score (nSPS) is 10.4. The predicted molar refractivity (Wildman–Crippen MR) is 72.0 cm³/mol. The lowest BCUT2D eigenvalue weighted by atomic mass is 10.3. The molecule has 1 amide bonds. The first-order valence-corrected chi connectivity index (χ1v) is 5.86. The maximum atomic E-state index is 11.7. The van der Waals surface area contributed by atoms with Crippen molar-refractivity contribution in [3.05, 3.63) is 6.07 Å². The van der Waals surface area contributed by atoms with Crippen LogP contribution in [0.1, 0.15) is 20.8 Å². The molecular weight excluding hydrogens is 232 g/mol. The number of nitrogens with one attached hydrogen (secondary N) is 1. The van der Waals surface area contributed by atoms with Gasteiger partial charge in [-0.1, -0.05) is 0 Å². The molecule has 18 heavy (non-hydrogen) atoms. The highest BCUT2D eigenvalue weighted by molar-refractivity contribution is 5.81. The van der Waals surface area contributed by atoms with Crippen LogP contribution < -0.4 is 21.7 Å². The number of nitrogens with zero attached hydrogens (tertiary/aromatic N) is 3. The molecular formula is C11H20N6O. The minimum atomic E-state index is -0.0670. The van der Waals surface area contributed by atoms with Crippen LogP contribution in [0.5, 0.6) is 0 Å². The van der Waals surface area contributed by atoms with Gasteiger partial charge in [0.2, 0.25) is 11.9 Å². The summed E-state index contributed by atoms with van der Waals surface area (Å²) in [6.07, 6.45) is 0. The highest BCUT2D eigenvalue weighted by atomic mass is 16.2. The number of carbonyl (C=O) groups is 1. The average Bonchev–Trinajstić information content (AvgIpc) is 2.23. The van der Waals surface area contributed by atoms with Crippen molar-refractivity contribution in [2.45, 2.75) is 26.8 Å². The van der Waals surface area contributed by atoms with E-state index in [-0.39, 0.29) is 24.4 Å². The Morgan fingerprint density at radius 2 is 2.11 bits per heavy atom. The monoisotopic (exact) mass is 252 g/mol. The van der Waals surface area contributed by atoms with Gasteiger partial charge in [-0.05, 0) is 20.8 Å². The zero-order valence-corrected chi connectivity index (χ0v) is 11.0. The van der Waals surface area contributed by atoms with Gasteiger partial charge in [0.25, 0.3) is 0 Å². The molecule has 100 valence electrons. The van der Waals surface area contributed by atoms with E-state index in [1.165, 1.54) is 0 Å². The van der Waals surface area contributed by atoms with Crippen molar-refractivity contribution in [1.82, 2.24) is 15.3 Å². The third-order valence-electron chi connectivity index (χ3n) is 2.24. The second kappa shape index (κ2) is 6.04. The number of likely N-dealkylation sites (N-methyl/N-ethyl adjacent to an activating group) is 1. The molecule has 0 saturated heterocycles. The van der Waals surface area contributed by atoms with Crippen molar-refractivity contribution in [3.63, 3.8) is 0 Å². The fourth-order valence-corrected chi connectivity index (χ4v) is 1.53. The first kappa shape index (κ1) is 14.0. The van der Waals surface area contributed by atoms with E-state index in [4.69, 9.17) is 11.5 Å². The number of carbonyl (C=O) groups excluding carboxylic acids is 1. The summed E-state index contributed by atoms with van der Waals surface area (Å²) in [6, 6.07) is 1.71. The summed E-state index contributed by atoms with van der Waals surface area (Å²) in [5.74, 6) is 0.886. The fourth-order valence-electron chi connectivity index (χ4n) is 1.53. The summed E-state index contributed by atoms with van der Waals surface area (Å²) in [7, 11) is 0. The first-order chi connectivity index (χ1) is 8.42. The molecule has 0 aliphatic carbocycles. The Balaban J connectivity index is 2.79. The highest BCUT2D eigenvalue weighted by Gasteiger charge is 2.13. The van der Waals surface area contributed by atoms with Crippen molar-refractivity contribution in [2.24, 2.45) is 0 Å². The van der Waals surface area contributed by atoms with Crippen LogP contribution in [0.2, 0.25) is 0 Å². The SMILES string of the molecule is CCN(CC(=O)NC(C)C)c1cc(N)nc(N)n1. The van der Waals surface area contributed by atoms with E-state index >= 15 is 0 Å². The van der Waals surface area contributed by atoms with Crippen molar-refractivity contribution in [2.75, 3.05) is 29.5 Å². The molecule has 0 saturated carbocycles. The number of hydrogen-bond donors (Lipinski definition) is 3. The number of nitrogen functional groups attached to an aromatic ring is 2. The van der Waals surface area contributed by atoms with E-state index in [0.29, 0.717) is 18.2 Å². The van der Waals surface area contributed by atoms with Gasteiger partial charge in [-0.25, -0.2) is 0 Å². The third-order valence-corrected chi connectivity index (χ3v) is 2.24. The zero-order chi connectivity index (χ0) is 13.7. The smallest absolute Gasteiger partial charge is 0.239 e. The summed E-state index contributed by atoms with van der Waals surface area (Å²) >= 11 is 0. The van der Waals surface area contributed by atoms with Crippen LogP contribution in [-0.4, -0.2) is 35.0 Å². The van der Waals surface area contributed by atoms with Crippen LogP contribution in [0.4, 0.5) is 17.6 Å². The number of rotatable bonds is 5. The fraction of sp³-hybridized carbons (Fsp3) is 0.545. The van der Waals surface area contributed by atoms with Crippen LogP contribution in [-0.2, 0) is 4.79 Å². The predicted octanol–water partition coefficient (Wildman–Crippen LogP) is -0.00810. The highest BCUT2D eigenvalue weighted by Crippen LogP contribution is 2.14. The molecule has 7 heteroatoms. The third kappa shape index (κ3) is 4.08. The van der Waals surface area contributed by atoms with E-state index < -0.39 is 0 Å². The molecule has 1 aromatic heterocycles. The number of hydrogen-bond acceptors (Lipinski definition) is 6. The minimum Gasteiger partial charge on any atom is -0.383 e. The lowest BCUT2D eigenvalue weighted by Crippen LogP contribution is -2.40. The standard InChI is InChI=1S/C11H20N6O/c1-4-17(6-10(18)14-7(2)3)9-5-8(12)15-11(13)16-9/h5,7H,4,6H2,1-3H3,(H,14,18)(H4,12,13,15,16). The molecule has 0 aliphatic heterocycles. The Morgan fingerprint density at radius 3 is 2.61 bits per heavy atom. The second-order valence-electron chi connectivity index (χ2n) is 4.25. The maximum absolute atomic E-state index is 11.7. The lowest BCUT2D eigenvalue weighted by Gasteiger charge is -2.22. The number of nitrogens with two attached hydrogens (primary N) is 2. The van der Waals surface area contributed by atoms with Crippen LogP contribution in [0.3, 0.4) is 0 Å². The molecule has 0 aliphatic rings. The van der Waals surface area contributed by atoms with Crippen LogP contribution in [0.25, 0.3) is 0 Å². The molecule has 7 nitrogen and oxygen atoms in total. The van der Waals surface area contributed by atoms with Crippen LogP contribution in [0.15, 0.2) is 6.07 Å². The Labute approximate surface area is 107 Å². The van der Waals surface area contributed by atoms with Gasteiger partial charge in [0, 0.05) is 18.7 Å². The van der Waals surface area contributed by atoms with E-state index in [9.17, 15) is 4.79 Å². The Bertz CT molecular complexity index is 400. The molecule has 0 aromatic carbocycles. The number of anilines is 3. The molecule has 1 aromatic rings. The van der Waals surface area contributed by atoms with Gasteiger partial charge in [-0.15, -0.1) is 0 Å². The second-order valence-corrected chi connectivity index (χ2v) is 4.25.